The molecular weight excluding hydrogens is 476 g/mol. The molecule has 2 aromatic rings. The Hall–Kier alpha value is -1.15. The number of halogens is 6. The number of phenols is 2. The van der Waals surface area contributed by atoms with Gasteiger partial charge in [-0.05, 0) is 0 Å². The largest absolute Gasteiger partial charge is 0.503 e. The number of benzene rings is 2. The van der Waals surface area contributed by atoms with E-state index in [2.05, 4.69) is 7.85 Å². The smallest absolute Gasteiger partial charge is 0.187 e. The van der Waals surface area contributed by atoms with Crippen LogP contribution >= 0.6 is 0 Å². The van der Waals surface area contributed by atoms with Crippen molar-refractivity contribution in [3.63, 3.8) is 0 Å². The van der Waals surface area contributed by atoms with Crippen molar-refractivity contribution in [2.75, 3.05) is 0 Å². The maximum Gasteiger partial charge on any atom is 0.187 e. The minimum Gasteiger partial charge on any atom is -0.503 e. The van der Waals surface area contributed by atoms with Gasteiger partial charge in [-0.25, -0.2) is 26.3 Å². The Kier molecular flexibility index (Phi) is 15.9. The number of phenolic OH excluding ortho intramolecular Hbond substituents is 2. The molecule has 0 heterocycles. The van der Waals surface area contributed by atoms with E-state index < -0.39 is 52.6 Å². The third-order valence-electron chi connectivity index (χ3n) is 1.96. The Morgan fingerprint density at radius 2 is 0.769 bits per heavy atom. The summed E-state index contributed by atoms with van der Waals surface area (Å²) in [5, 5.41) is 31.6. The fourth-order valence-corrected chi connectivity index (χ4v) is 1.07. The van der Waals surface area contributed by atoms with Crippen LogP contribution in [-0.4, -0.2) is 34.5 Å². The van der Waals surface area contributed by atoms with Gasteiger partial charge >= 0.3 is 0 Å². The van der Waals surface area contributed by atoms with Crippen LogP contribution in [0.5, 0.6) is 11.5 Å². The molecule has 2 aromatic carbocycles. The summed E-state index contributed by atoms with van der Waals surface area (Å²) in [4.78, 5) is 0. The van der Waals surface area contributed by atoms with Gasteiger partial charge in [-0.2, -0.15) is 0 Å². The summed E-state index contributed by atoms with van der Waals surface area (Å²) in [6.07, 6.45) is -1.67. The van der Waals surface area contributed by atoms with Crippen molar-refractivity contribution < 1.29 is 85.7 Å². The number of aromatic hydroxyl groups is 2. The molecule has 0 aliphatic heterocycles. The second-order valence-electron chi connectivity index (χ2n) is 3.85. The van der Waals surface area contributed by atoms with Crippen molar-refractivity contribution >= 4 is 7.85 Å². The Morgan fingerprint density at radius 1 is 0.615 bits per heavy atom. The minimum absolute atomic E-state index is 0. The van der Waals surface area contributed by atoms with E-state index in [1.54, 1.807) is 0 Å². The predicted molar refractivity (Wildman–Crippen MR) is 69.9 cm³/mol. The molecule has 0 aliphatic rings. The average molecular weight is 485 g/mol. The zero-order valence-electron chi connectivity index (χ0n) is 12.9. The maximum atomic E-state index is 12.1. The SMILES string of the molecule is Oc1c(F)cc(F)cc1F.Oc1c(F)cc(F)cc1F.[B]C(O)O.[Zn].[Zn]. The molecule has 26 heavy (non-hydrogen) atoms. The average Bonchev–Trinajstić information content (AvgIpc) is 2.42. The molecule has 0 bridgehead atoms. The topological polar surface area (TPSA) is 80.9 Å². The fourth-order valence-electron chi connectivity index (χ4n) is 1.07. The molecule has 0 amide bonds. The molecule has 134 valence electrons. The minimum atomic E-state index is -1.67. The van der Waals surface area contributed by atoms with Crippen molar-refractivity contribution in [2.45, 2.75) is 6.19 Å². The molecule has 0 fully saturated rings. The molecule has 0 saturated carbocycles. The first-order valence-electron chi connectivity index (χ1n) is 5.74. The first-order valence-corrected chi connectivity index (χ1v) is 5.74. The Balaban J connectivity index is -0.000000319. The molecule has 2 radical (unpaired) electrons. The van der Waals surface area contributed by atoms with Gasteiger partial charge < -0.3 is 20.4 Å². The quantitative estimate of drug-likeness (QED) is 0.262. The van der Waals surface area contributed by atoms with Crippen LogP contribution in [0.1, 0.15) is 0 Å². The number of hydrogen-bond acceptors (Lipinski definition) is 4. The van der Waals surface area contributed by atoms with Crippen molar-refractivity contribution in [3.05, 3.63) is 59.2 Å². The number of aliphatic hydroxyl groups is 2. The van der Waals surface area contributed by atoms with Gasteiger partial charge in [-0.1, -0.05) is 0 Å². The summed E-state index contributed by atoms with van der Waals surface area (Å²) in [6.45, 7) is 0. The van der Waals surface area contributed by atoms with Gasteiger partial charge in [0.1, 0.15) is 25.7 Å². The molecule has 0 saturated heterocycles. The van der Waals surface area contributed by atoms with E-state index in [0.29, 0.717) is 24.3 Å². The van der Waals surface area contributed by atoms with E-state index in [1.165, 1.54) is 0 Å². The molecule has 13 heteroatoms. The molecule has 4 nitrogen and oxygen atoms in total. The van der Waals surface area contributed by atoms with Gasteiger partial charge in [0.15, 0.2) is 34.8 Å². The van der Waals surface area contributed by atoms with Gasteiger partial charge in [0.25, 0.3) is 0 Å². The van der Waals surface area contributed by atoms with Gasteiger partial charge in [0.2, 0.25) is 0 Å². The summed E-state index contributed by atoms with van der Waals surface area (Å²) in [7, 11) is 4.22. The van der Waals surface area contributed by atoms with Gasteiger partial charge in [0, 0.05) is 63.2 Å². The summed E-state index contributed by atoms with van der Waals surface area (Å²) in [5.41, 5.74) is 0. The first-order chi connectivity index (χ1) is 11.0. The molecule has 0 aliphatic carbocycles. The molecule has 0 atom stereocenters. The number of aliphatic hydroxyl groups excluding tert-OH is 1. The second-order valence-corrected chi connectivity index (χ2v) is 3.85. The zero-order valence-corrected chi connectivity index (χ0v) is 18.9. The molecule has 2 rings (SSSR count). The molecular formula is C13H9BF6O4Zn2. The zero-order chi connectivity index (χ0) is 19.0. The van der Waals surface area contributed by atoms with Gasteiger partial charge in [-0.3, -0.25) is 0 Å². The fraction of sp³-hybridized carbons (Fsp3) is 0.0769. The van der Waals surface area contributed by atoms with Crippen LogP contribution in [0.3, 0.4) is 0 Å². The normalized spacial score (nSPS) is 8.96. The maximum absolute atomic E-state index is 12.1. The van der Waals surface area contributed by atoms with Crippen molar-refractivity contribution in [1.82, 2.24) is 0 Å². The third-order valence-corrected chi connectivity index (χ3v) is 1.96. The van der Waals surface area contributed by atoms with E-state index in [0.717, 1.165) is 0 Å². The first kappa shape index (κ1) is 29.6. The van der Waals surface area contributed by atoms with Crippen LogP contribution in [0, 0.1) is 34.9 Å². The van der Waals surface area contributed by atoms with E-state index in [4.69, 9.17) is 20.4 Å². The van der Waals surface area contributed by atoms with E-state index in [1.807, 2.05) is 0 Å². The summed E-state index contributed by atoms with van der Waals surface area (Å²) in [5.74, 6) is -9.58. The van der Waals surface area contributed by atoms with Crippen LogP contribution in [0.2, 0.25) is 0 Å². The molecule has 0 spiro atoms. The number of rotatable bonds is 0. The molecule has 0 unspecified atom stereocenters. The standard InChI is InChI=1S/2C6H3F3O.CH3BO2.2Zn/c2*7-3-1-4(8)6(10)5(9)2-3;2-1(3)4;;/h2*1-2,10H;1,3-4H;;. The van der Waals surface area contributed by atoms with Crippen LogP contribution in [0.25, 0.3) is 0 Å². The Bertz CT molecular complexity index is 589. The third kappa shape index (κ3) is 11.5. The second kappa shape index (κ2) is 14.0. The predicted octanol–water partition coefficient (Wildman–Crippen LogP) is 2.04. The molecule has 0 aromatic heterocycles. The van der Waals surface area contributed by atoms with Crippen LogP contribution in [0.15, 0.2) is 24.3 Å². The van der Waals surface area contributed by atoms with Gasteiger partial charge in [0.05, 0.1) is 0 Å². The van der Waals surface area contributed by atoms with Crippen molar-refractivity contribution in [1.29, 1.82) is 0 Å². The van der Waals surface area contributed by atoms with E-state index >= 15 is 0 Å². The number of hydrogen-bond donors (Lipinski definition) is 4. The monoisotopic (exact) mass is 482 g/mol. The van der Waals surface area contributed by atoms with Crippen LogP contribution < -0.4 is 0 Å². The Labute approximate surface area is 170 Å². The van der Waals surface area contributed by atoms with Crippen LogP contribution in [-0.2, 0) is 39.0 Å². The summed E-state index contributed by atoms with van der Waals surface area (Å²) < 4.78 is 72.5. The van der Waals surface area contributed by atoms with Crippen molar-refractivity contribution in [3.8, 4) is 11.5 Å². The summed E-state index contributed by atoms with van der Waals surface area (Å²) >= 11 is 0. The molecule has 4 N–H and O–H groups in total. The van der Waals surface area contributed by atoms with Gasteiger partial charge in [-0.15, -0.1) is 0 Å². The van der Waals surface area contributed by atoms with Crippen LogP contribution in [0.4, 0.5) is 26.3 Å². The Morgan fingerprint density at radius 3 is 0.923 bits per heavy atom. The summed E-state index contributed by atoms with van der Waals surface area (Å²) in [6, 6.07) is 1.60. The van der Waals surface area contributed by atoms with Crippen molar-refractivity contribution in [2.24, 2.45) is 0 Å². The van der Waals surface area contributed by atoms with E-state index in [9.17, 15) is 26.3 Å². The van der Waals surface area contributed by atoms with E-state index in [-0.39, 0.29) is 39.0 Å².